The first kappa shape index (κ1) is 21.6. The normalized spacial score (nSPS) is 12.3. The zero-order valence-corrected chi connectivity index (χ0v) is 18.6. The number of carbonyl (C=O) groups is 1. The van der Waals surface area contributed by atoms with Crippen molar-refractivity contribution in [2.75, 3.05) is 6.61 Å². The van der Waals surface area contributed by atoms with Gasteiger partial charge in [-0.3, -0.25) is 4.79 Å². The molecule has 4 aromatic rings. The van der Waals surface area contributed by atoms with E-state index in [0.29, 0.717) is 17.8 Å². The molecule has 1 N–H and O–H groups in total. The van der Waals surface area contributed by atoms with E-state index in [2.05, 4.69) is 22.4 Å². The van der Waals surface area contributed by atoms with E-state index in [0.717, 1.165) is 36.3 Å². The van der Waals surface area contributed by atoms with Crippen molar-refractivity contribution in [2.24, 2.45) is 0 Å². The van der Waals surface area contributed by atoms with Gasteiger partial charge in [-0.2, -0.15) is 5.10 Å². The summed E-state index contributed by atoms with van der Waals surface area (Å²) in [6.07, 6.45) is 6.25. The lowest BCUT2D eigenvalue weighted by molar-refractivity contribution is -0.122. The zero-order valence-electron chi connectivity index (χ0n) is 18.6. The molecule has 3 heterocycles. The third-order valence-corrected chi connectivity index (χ3v) is 5.42. The van der Waals surface area contributed by atoms with Crippen LogP contribution in [0.2, 0.25) is 0 Å². The van der Waals surface area contributed by atoms with Crippen LogP contribution in [0, 0.1) is 0 Å². The molecule has 0 saturated carbocycles. The van der Waals surface area contributed by atoms with Crippen molar-refractivity contribution in [2.45, 2.75) is 52.6 Å². The van der Waals surface area contributed by atoms with Gasteiger partial charge >= 0.3 is 5.69 Å². The predicted octanol–water partition coefficient (Wildman–Crippen LogP) is 2.90. The van der Waals surface area contributed by atoms with E-state index in [4.69, 9.17) is 4.74 Å². The van der Waals surface area contributed by atoms with E-state index >= 15 is 0 Å². The molecular weight excluding hydrogens is 408 g/mol. The van der Waals surface area contributed by atoms with Crippen molar-refractivity contribution in [3.05, 3.63) is 53.2 Å². The molecule has 0 radical (unpaired) electrons. The van der Waals surface area contributed by atoms with E-state index < -0.39 is 0 Å². The number of hydrogen-bond acceptors (Lipinski definition) is 5. The molecule has 1 amide bonds. The Kier molecular flexibility index (Phi) is 6.25. The van der Waals surface area contributed by atoms with Crippen LogP contribution in [0.4, 0.5) is 0 Å². The van der Waals surface area contributed by atoms with Crippen LogP contribution in [0.1, 0.15) is 40.0 Å². The van der Waals surface area contributed by atoms with Crippen LogP contribution in [0.25, 0.3) is 22.4 Å². The molecule has 0 unspecified atom stereocenters. The first-order valence-corrected chi connectivity index (χ1v) is 11.0. The summed E-state index contributed by atoms with van der Waals surface area (Å²) in [5, 5.41) is 11.9. The van der Waals surface area contributed by atoms with Gasteiger partial charge in [-0.05, 0) is 50.1 Å². The molecule has 0 fully saturated rings. The molecule has 3 aromatic heterocycles. The van der Waals surface area contributed by atoms with Crippen LogP contribution in [0.5, 0.6) is 5.75 Å². The number of fused-ring (bicyclic) bond motifs is 3. The summed E-state index contributed by atoms with van der Waals surface area (Å²) in [7, 11) is 0. The molecule has 32 heavy (non-hydrogen) atoms. The highest BCUT2D eigenvalue weighted by Gasteiger charge is 2.16. The lowest BCUT2D eigenvalue weighted by Crippen LogP contribution is -2.37. The average molecular weight is 437 g/mol. The largest absolute Gasteiger partial charge is 0.494 e. The monoisotopic (exact) mass is 436 g/mol. The number of carbonyl (C=O) groups excluding carboxylic acids is 1. The third-order valence-electron chi connectivity index (χ3n) is 5.42. The molecule has 9 heteroatoms. The summed E-state index contributed by atoms with van der Waals surface area (Å²) in [6.45, 7) is 6.62. The zero-order chi connectivity index (χ0) is 22.7. The van der Waals surface area contributed by atoms with E-state index in [-0.39, 0.29) is 24.2 Å². The van der Waals surface area contributed by atoms with Crippen molar-refractivity contribution >= 4 is 17.1 Å². The number of nitrogens with zero attached hydrogens (tertiary/aromatic N) is 5. The molecule has 0 spiro atoms. The fraction of sp³-hybridized carbons (Fsp3) is 0.391. The Morgan fingerprint density at radius 2 is 1.94 bits per heavy atom. The van der Waals surface area contributed by atoms with Crippen LogP contribution < -0.4 is 15.7 Å². The Morgan fingerprint density at radius 1 is 1.16 bits per heavy atom. The van der Waals surface area contributed by atoms with Crippen molar-refractivity contribution in [1.29, 1.82) is 0 Å². The molecule has 168 valence electrons. The lowest BCUT2D eigenvalue weighted by atomic mass is 10.1. The highest BCUT2D eigenvalue weighted by Crippen LogP contribution is 2.24. The van der Waals surface area contributed by atoms with Gasteiger partial charge in [-0.1, -0.05) is 20.3 Å². The van der Waals surface area contributed by atoms with Gasteiger partial charge in [0.05, 0.1) is 12.3 Å². The molecule has 0 aliphatic heterocycles. The number of aromatic nitrogens is 5. The average Bonchev–Trinajstić information content (AvgIpc) is 3.36. The fourth-order valence-electron chi connectivity index (χ4n) is 3.39. The topological polar surface area (TPSA) is 94.9 Å². The summed E-state index contributed by atoms with van der Waals surface area (Å²) in [4.78, 5) is 25.0. The van der Waals surface area contributed by atoms with Crippen LogP contribution in [0.3, 0.4) is 0 Å². The van der Waals surface area contributed by atoms with Crippen LogP contribution in [-0.2, 0) is 11.3 Å². The van der Waals surface area contributed by atoms with Gasteiger partial charge in [-0.25, -0.2) is 18.4 Å². The lowest BCUT2D eigenvalue weighted by Gasteiger charge is -2.10. The second-order valence-corrected chi connectivity index (χ2v) is 7.89. The maximum absolute atomic E-state index is 12.7. The van der Waals surface area contributed by atoms with Gasteiger partial charge in [-0.15, -0.1) is 5.10 Å². The molecule has 1 atom stereocenters. The van der Waals surface area contributed by atoms with Gasteiger partial charge in [0.2, 0.25) is 5.91 Å². The van der Waals surface area contributed by atoms with E-state index in [1.165, 1.54) is 9.08 Å². The highest BCUT2D eigenvalue weighted by molar-refractivity contribution is 5.78. The summed E-state index contributed by atoms with van der Waals surface area (Å²) in [6, 6.07) is 9.72. The number of ether oxygens (including phenoxy) is 1. The Bertz CT molecular complexity index is 1290. The van der Waals surface area contributed by atoms with Crippen LogP contribution in [-0.4, -0.2) is 42.4 Å². The second kappa shape index (κ2) is 9.25. The first-order valence-electron chi connectivity index (χ1n) is 11.0. The molecule has 4 rings (SSSR count). The maximum Gasteiger partial charge on any atom is 0.350 e. The quantitative estimate of drug-likeness (QED) is 0.407. The Hall–Kier alpha value is -3.62. The van der Waals surface area contributed by atoms with E-state index in [1.807, 2.05) is 44.2 Å². The number of nitrogens with one attached hydrogen (secondary N) is 1. The number of amides is 1. The van der Waals surface area contributed by atoms with Crippen molar-refractivity contribution in [1.82, 2.24) is 29.1 Å². The van der Waals surface area contributed by atoms with Gasteiger partial charge in [0.25, 0.3) is 0 Å². The Labute approximate surface area is 185 Å². The predicted molar refractivity (Wildman–Crippen MR) is 122 cm³/mol. The molecular formula is C23H28N6O3. The number of benzene rings is 1. The number of rotatable bonds is 9. The second-order valence-electron chi connectivity index (χ2n) is 7.89. The number of unbranched alkanes of at least 4 members (excludes halogenated alkanes) is 1. The van der Waals surface area contributed by atoms with E-state index in [9.17, 15) is 9.59 Å². The van der Waals surface area contributed by atoms with Crippen molar-refractivity contribution in [3.8, 4) is 17.0 Å². The molecule has 0 bridgehead atoms. The molecule has 1 aromatic carbocycles. The third kappa shape index (κ3) is 4.37. The first-order chi connectivity index (χ1) is 15.5. The Balaban J connectivity index is 1.62. The molecule has 0 saturated heterocycles. The molecule has 0 aliphatic rings. The summed E-state index contributed by atoms with van der Waals surface area (Å²) in [5.41, 5.74) is 2.47. The minimum absolute atomic E-state index is 0.0442. The Morgan fingerprint density at radius 3 is 2.66 bits per heavy atom. The minimum atomic E-state index is -0.363. The summed E-state index contributed by atoms with van der Waals surface area (Å²) < 4.78 is 10.0. The van der Waals surface area contributed by atoms with Gasteiger partial charge in [0.15, 0.2) is 5.65 Å². The molecule has 0 aliphatic carbocycles. The minimum Gasteiger partial charge on any atom is -0.494 e. The maximum atomic E-state index is 12.7. The van der Waals surface area contributed by atoms with Crippen LogP contribution >= 0.6 is 0 Å². The summed E-state index contributed by atoms with van der Waals surface area (Å²) >= 11 is 0. The standard InChI is InChI=1S/C23H28N6O3/c1-4-6-13-32-18-9-7-17(8-10-18)19-14-20-22-26-29(15-21(30)24-16(3)5-2)23(31)27(22)11-12-28(20)25-19/h7-12,14,16H,4-6,13,15H2,1-3H3,(H,24,30)/t16-/m1/s1. The van der Waals surface area contributed by atoms with Crippen molar-refractivity contribution in [3.63, 3.8) is 0 Å². The van der Waals surface area contributed by atoms with E-state index in [1.54, 1.807) is 16.9 Å². The fourth-order valence-corrected chi connectivity index (χ4v) is 3.39. The smallest absolute Gasteiger partial charge is 0.350 e. The van der Waals surface area contributed by atoms with Gasteiger partial charge in [0.1, 0.15) is 17.8 Å². The number of hydrogen-bond donors (Lipinski definition) is 1. The van der Waals surface area contributed by atoms with Crippen molar-refractivity contribution < 1.29 is 9.53 Å². The SMILES string of the molecule is CCCCOc1ccc(-c2cc3c4nn(CC(=O)N[C@H](C)CC)c(=O)n4ccn3n2)cc1. The molecule has 9 nitrogen and oxygen atoms in total. The van der Waals surface area contributed by atoms with Crippen LogP contribution in [0.15, 0.2) is 47.5 Å². The van der Waals surface area contributed by atoms with Gasteiger partial charge in [0, 0.05) is 24.0 Å². The van der Waals surface area contributed by atoms with Gasteiger partial charge < -0.3 is 10.1 Å². The summed E-state index contributed by atoms with van der Waals surface area (Å²) in [5.74, 6) is 0.589. The highest BCUT2D eigenvalue weighted by atomic mass is 16.5.